The van der Waals surface area contributed by atoms with Crippen LogP contribution in [0.1, 0.15) is 39.9 Å². The van der Waals surface area contributed by atoms with E-state index in [1.54, 1.807) is 6.92 Å². The van der Waals surface area contributed by atoms with Crippen molar-refractivity contribution in [2.24, 2.45) is 0 Å². The van der Waals surface area contributed by atoms with Crippen LogP contribution in [0.2, 0.25) is 0 Å². The normalized spacial score (nSPS) is 13.4. The van der Waals surface area contributed by atoms with Gasteiger partial charge in [-0.15, -0.1) is 0 Å². The molecule has 42 heavy (non-hydrogen) atoms. The largest absolute Gasteiger partial charge is 0.478 e. The summed E-state index contributed by atoms with van der Waals surface area (Å²) in [6.45, 7) is 1.78. The van der Waals surface area contributed by atoms with Crippen molar-refractivity contribution in [2.45, 2.75) is 31.6 Å². The van der Waals surface area contributed by atoms with Crippen molar-refractivity contribution in [3.8, 4) is 11.1 Å². The molecule has 1 aliphatic rings. The van der Waals surface area contributed by atoms with E-state index in [0.717, 1.165) is 33.9 Å². The predicted molar refractivity (Wildman–Crippen MR) is 155 cm³/mol. The number of aromatic carboxylic acids is 1. The number of carboxylic acid groups (broad SMARTS) is 1. The molecule has 0 saturated carbocycles. The second kappa shape index (κ2) is 12.7. The average molecular weight is 569 g/mol. The van der Waals surface area contributed by atoms with Gasteiger partial charge in [-0.2, -0.15) is 0 Å². The maximum absolute atomic E-state index is 14.8. The van der Waals surface area contributed by atoms with Crippen LogP contribution >= 0.6 is 0 Å². The van der Waals surface area contributed by atoms with Crippen LogP contribution in [0.15, 0.2) is 97.1 Å². The van der Waals surface area contributed by atoms with Crippen LogP contribution in [0.3, 0.4) is 0 Å². The Hall–Kier alpha value is -5.02. The molecule has 8 nitrogen and oxygen atoms in total. The Bertz CT molecular complexity index is 1560. The lowest BCUT2D eigenvalue weighted by atomic mass is 9.98. The lowest BCUT2D eigenvalue weighted by Gasteiger charge is -2.25. The van der Waals surface area contributed by atoms with Gasteiger partial charge in [0.1, 0.15) is 12.6 Å². The quantitative estimate of drug-likeness (QED) is 0.217. The summed E-state index contributed by atoms with van der Waals surface area (Å²) in [5.41, 5.74) is 4.14. The van der Waals surface area contributed by atoms with E-state index < -0.39 is 41.5 Å². The van der Waals surface area contributed by atoms with Gasteiger partial charge in [0.15, 0.2) is 5.82 Å². The Morgan fingerprint density at radius 2 is 1.48 bits per heavy atom. The molecule has 2 atom stereocenters. The Morgan fingerprint density at radius 1 is 0.857 bits per heavy atom. The van der Waals surface area contributed by atoms with Crippen LogP contribution in [-0.2, 0) is 20.9 Å². The average Bonchev–Trinajstić information content (AvgIpc) is 3.32. The Labute approximate surface area is 242 Å². The minimum Gasteiger partial charge on any atom is -0.478 e. The van der Waals surface area contributed by atoms with Gasteiger partial charge in [0.25, 0.3) is 0 Å². The summed E-state index contributed by atoms with van der Waals surface area (Å²) in [5.74, 6) is -3.56. The molecule has 0 heterocycles. The van der Waals surface area contributed by atoms with Crippen LogP contribution < -0.4 is 10.6 Å². The first-order valence-electron chi connectivity index (χ1n) is 13.4. The molecule has 0 radical (unpaired) electrons. The van der Waals surface area contributed by atoms with E-state index in [1.807, 2.05) is 78.9 Å². The number of benzene rings is 4. The molecule has 2 unspecified atom stereocenters. The molecule has 0 aliphatic heterocycles. The maximum atomic E-state index is 14.8. The van der Waals surface area contributed by atoms with Crippen molar-refractivity contribution in [1.82, 2.24) is 5.32 Å². The number of carboxylic acids is 1. The number of hydrogen-bond acceptors (Lipinski definition) is 5. The van der Waals surface area contributed by atoms with Gasteiger partial charge in [-0.3, -0.25) is 4.79 Å². The summed E-state index contributed by atoms with van der Waals surface area (Å²) in [7, 11) is 0. The number of nitrogens with one attached hydrogen (secondary N) is 2. The minimum atomic E-state index is -1.48. The van der Waals surface area contributed by atoms with Gasteiger partial charge < -0.3 is 25.2 Å². The summed E-state index contributed by atoms with van der Waals surface area (Å²) in [6.07, 6.45) is -1.72. The summed E-state index contributed by atoms with van der Waals surface area (Å²) in [4.78, 5) is 37.8. The van der Waals surface area contributed by atoms with E-state index in [0.29, 0.717) is 0 Å². The number of fused-ring (bicyclic) bond motifs is 3. The van der Waals surface area contributed by atoms with Crippen LogP contribution in [0.25, 0.3) is 11.1 Å². The molecule has 214 valence electrons. The Balaban J connectivity index is 1.31. The molecule has 9 heteroatoms. The molecule has 0 aromatic heterocycles. The number of hydrogen-bond donors (Lipinski definition) is 3. The molecule has 0 fully saturated rings. The van der Waals surface area contributed by atoms with Gasteiger partial charge in [-0.1, -0.05) is 84.9 Å². The van der Waals surface area contributed by atoms with Crippen molar-refractivity contribution >= 4 is 23.7 Å². The van der Waals surface area contributed by atoms with E-state index in [-0.39, 0.29) is 24.8 Å². The van der Waals surface area contributed by atoms with Crippen LogP contribution in [-0.4, -0.2) is 41.8 Å². The van der Waals surface area contributed by atoms with Crippen molar-refractivity contribution in [2.75, 3.05) is 11.9 Å². The first kappa shape index (κ1) is 28.5. The van der Waals surface area contributed by atoms with E-state index in [4.69, 9.17) is 9.47 Å². The van der Waals surface area contributed by atoms with Gasteiger partial charge in [-0.25, -0.2) is 14.0 Å². The molecule has 0 bridgehead atoms. The van der Waals surface area contributed by atoms with Crippen LogP contribution in [0.4, 0.5) is 14.9 Å². The molecule has 4 aromatic rings. The third kappa shape index (κ3) is 6.16. The van der Waals surface area contributed by atoms with Crippen LogP contribution in [0, 0.1) is 5.82 Å². The maximum Gasteiger partial charge on any atom is 0.407 e. The van der Waals surface area contributed by atoms with Gasteiger partial charge in [0.05, 0.1) is 24.0 Å². The highest BCUT2D eigenvalue weighted by Crippen LogP contribution is 2.44. The zero-order valence-electron chi connectivity index (χ0n) is 22.8. The fraction of sp³-hybridized carbons (Fsp3) is 0.182. The number of anilines is 1. The van der Waals surface area contributed by atoms with Crippen molar-refractivity contribution in [1.29, 1.82) is 0 Å². The molecular formula is C33H29FN2O6. The van der Waals surface area contributed by atoms with Gasteiger partial charge in [0, 0.05) is 5.92 Å². The lowest BCUT2D eigenvalue weighted by Crippen LogP contribution is -2.51. The predicted octanol–water partition coefficient (Wildman–Crippen LogP) is 5.98. The highest BCUT2D eigenvalue weighted by Gasteiger charge is 2.32. The Kier molecular flexibility index (Phi) is 8.59. The highest BCUT2D eigenvalue weighted by atomic mass is 19.1. The third-order valence-electron chi connectivity index (χ3n) is 7.21. The molecule has 0 spiro atoms. The second-order valence-corrected chi connectivity index (χ2v) is 9.91. The standard InChI is InChI=1S/C33H29FN2O6/c1-20(41-18-21-10-3-2-4-11-21)30(31(37)35-28-17-9-16-26(29(28)34)32(38)39)36-33(40)42-19-27-24-14-7-5-12-22(24)23-13-6-8-15-25(23)27/h2-17,20,27,30H,18-19H2,1H3,(H,35,37)(H,36,40)(H,38,39). The van der Waals surface area contributed by atoms with Crippen molar-refractivity contribution in [3.05, 3.63) is 125 Å². The molecule has 5 rings (SSSR count). The van der Waals surface area contributed by atoms with E-state index in [1.165, 1.54) is 12.1 Å². The van der Waals surface area contributed by atoms with E-state index in [2.05, 4.69) is 10.6 Å². The number of carbonyl (C=O) groups is 3. The molecular weight excluding hydrogens is 539 g/mol. The topological polar surface area (TPSA) is 114 Å². The SMILES string of the molecule is CC(OCc1ccccc1)C(NC(=O)OCC1c2ccccc2-c2ccccc21)C(=O)Nc1cccc(C(=O)O)c1F. The number of carbonyl (C=O) groups excluding carboxylic acids is 2. The van der Waals surface area contributed by atoms with Crippen LogP contribution in [0.5, 0.6) is 0 Å². The second-order valence-electron chi connectivity index (χ2n) is 9.91. The zero-order valence-corrected chi connectivity index (χ0v) is 22.8. The smallest absolute Gasteiger partial charge is 0.407 e. The molecule has 1 aliphatic carbocycles. The van der Waals surface area contributed by atoms with Crippen molar-refractivity contribution < 1.29 is 33.4 Å². The fourth-order valence-corrected chi connectivity index (χ4v) is 5.07. The van der Waals surface area contributed by atoms with Gasteiger partial charge in [-0.05, 0) is 46.9 Å². The van der Waals surface area contributed by atoms with E-state index in [9.17, 15) is 23.9 Å². The minimum absolute atomic E-state index is 0.0305. The first-order valence-corrected chi connectivity index (χ1v) is 13.4. The molecule has 0 saturated heterocycles. The fourth-order valence-electron chi connectivity index (χ4n) is 5.07. The summed E-state index contributed by atoms with van der Waals surface area (Å²) in [6, 6.07) is 27.4. The molecule has 2 amide bonds. The van der Waals surface area contributed by atoms with Gasteiger partial charge in [0.2, 0.25) is 5.91 Å². The Morgan fingerprint density at radius 3 is 2.12 bits per heavy atom. The molecule has 3 N–H and O–H groups in total. The summed E-state index contributed by atoms with van der Waals surface area (Å²) in [5, 5.41) is 14.2. The number of ether oxygens (including phenoxy) is 2. The lowest BCUT2D eigenvalue weighted by molar-refractivity contribution is -0.122. The summed E-state index contributed by atoms with van der Waals surface area (Å²) >= 11 is 0. The first-order chi connectivity index (χ1) is 20.3. The number of alkyl carbamates (subject to hydrolysis) is 1. The number of amides is 2. The zero-order chi connectivity index (χ0) is 29.6. The third-order valence-corrected chi connectivity index (χ3v) is 7.21. The highest BCUT2D eigenvalue weighted by molar-refractivity contribution is 5.98. The van der Waals surface area contributed by atoms with Crippen molar-refractivity contribution in [3.63, 3.8) is 0 Å². The number of rotatable bonds is 10. The monoisotopic (exact) mass is 568 g/mol. The number of halogens is 1. The van der Waals surface area contributed by atoms with Gasteiger partial charge >= 0.3 is 12.1 Å². The van der Waals surface area contributed by atoms with E-state index >= 15 is 0 Å². The summed E-state index contributed by atoms with van der Waals surface area (Å²) < 4.78 is 26.3. The molecule has 4 aromatic carbocycles.